The van der Waals surface area contributed by atoms with Crippen LogP contribution in [0.25, 0.3) is 6.08 Å². The summed E-state index contributed by atoms with van der Waals surface area (Å²) in [7, 11) is -4.11. The number of halogens is 2. The average Bonchev–Trinajstić information content (AvgIpc) is 3.23. The Morgan fingerprint density at radius 2 is 1.59 bits per heavy atom. The van der Waals surface area contributed by atoms with Crippen LogP contribution in [0.2, 0.25) is 0 Å². The topological polar surface area (TPSA) is 93.7 Å². The second-order valence-corrected chi connectivity index (χ2v) is 8.38. The molecule has 0 unspecified atom stereocenters. The van der Waals surface area contributed by atoms with Crippen molar-refractivity contribution < 1.29 is 31.5 Å². The predicted octanol–water partition coefficient (Wildman–Crippen LogP) is 4.15. The van der Waals surface area contributed by atoms with Gasteiger partial charge in [0.05, 0.1) is 4.90 Å². The van der Waals surface area contributed by atoms with E-state index in [1.165, 1.54) is 30.3 Å². The van der Waals surface area contributed by atoms with E-state index in [1.54, 1.807) is 24.3 Å². The van der Waals surface area contributed by atoms with Gasteiger partial charge in [0.25, 0.3) is 10.0 Å². The summed E-state index contributed by atoms with van der Waals surface area (Å²) in [4.78, 5) is 11.7. The van der Waals surface area contributed by atoms with E-state index in [9.17, 15) is 22.0 Å². The third-order valence-corrected chi connectivity index (χ3v) is 5.81. The van der Waals surface area contributed by atoms with Crippen molar-refractivity contribution in [3.8, 4) is 11.5 Å². The van der Waals surface area contributed by atoms with Crippen molar-refractivity contribution in [2.45, 2.75) is 4.90 Å². The Morgan fingerprint density at radius 1 is 0.875 bits per heavy atom. The van der Waals surface area contributed by atoms with Gasteiger partial charge in [0.15, 0.2) is 23.1 Å². The summed E-state index contributed by atoms with van der Waals surface area (Å²) in [6, 6.07) is 13.4. The molecule has 0 saturated carbocycles. The first-order valence-electron chi connectivity index (χ1n) is 9.27. The van der Waals surface area contributed by atoms with Gasteiger partial charge in [0.2, 0.25) is 12.7 Å². The molecule has 0 saturated heterocycles. The Kier molecular flexibility index (Phi) is 5.78. The number of carbonyl (C=O) groups is 1. The molecule has 7 nitrogen and oxygen atoms in total. The maximum Gasteiger partial charge on any atom is 0.261 e. The third-order valence-electron chi connectivity index (χ3n) is 4.43. The van der Waals surface area contributed by atoms with Crippen molar-refractivity contribution in [3.05, 3.63) is 83.9 Å². The van der Waals surface area contributed by atoms with Crippen molar-refractivity contribution >= 4 is 33.4 Å². The Hall–Kier alpha value is -3.92. The molecule has 1 amide bonds. The van der Waals surface area contributed by atoms with Crippen LogP contribution in [0.1, 0.15) is 5.56 Å². The number of fused-ring (bicyclic) bond motifs is 1. The molecule has 0 spiro atoms. The minimum absolute atomic E-state index is 0.163. The molecule has 164 valence electrons. The van der Waals surface area contributed by atoms with Crippen molar-refractivity contribution in [2.24, 2.45) is 0 Å². The van der Waals surface area contributed by atoms with Crippen LogP contribution in [0, 0.1) is 11.6 Å². The molecule has 0 aromatic heterocycles. The molecule has 1 aliphatic rings. The highest BCUT2D eigenvalue weighted by Gasteiger charge is 2.17. The number of nitrogens with one attached hydrogen (secondary N) is 2. The molecule has 1 heterocycles. The number of sulfonamides is 1. The third kappa shape index (κ3) is 4.86. The number of ether oxygens (including phenoxy) is 2. The van der Waals surface area contributed by atoms with Gasteiger partial charge in [-0.05, 0) is 66.2 Å². The van der Waals surface area contributed by atoms with Crippen molar-refractivity contribution in [1.82, 2.24) is 0 Å². The lowest BCUT2D eigenvalue weighted by molar-refractivity contribution is -0.111. The Balaban J connectivity index is 1.38. The number of amides is 1. The van der Waals surface area contributed by atoms with Crippen LogP contribution in [0.4, 0.5) is 20.2 Å². The van der Waals surface area contributed by atoms with E-state index < -0.39 is 32.5 Å². The number of carbonyl (C=O) groups excluding carboxylic acids is 1. The van der Waals surface area contributed by atoms with Crippen LogP contribution in [0.3, 0.4) is 0 Å². The van der Waals surface area contributed by atoms with Crippen LogP contribution < -0.4 is 19.5 Å². The monoisotopic (exact) mass is 458 g/mol. The fourth-order valence-electron chi connectivity index (χ4n) is 2.85. The molecule has 3 aromatic rings. The summed E-state index contributed by atoms with van der Waals surface area (Å²) in [5, 5.41) is 2.65. The first-order valence-corrected chi connectivity index (χ1v) is 10.8. The standard InChI is InChI=1S/C22H16F2N2O5S/c23-18-8-7-17(12-19(18)24)32(28,29)26-16-5-3-15(4-6-16)25-22(27)10-2-14-1-9-20-21(11-14)31-13-30-20/h1-12,26H,13H2,(H,25,27)/b10-2+. The highest BCUT2D eigenvalue weighted by atomic mass is 32.2. The molecule has 0 bridgehead atoms. The van der Waals surface area contributed by atoms with Crippen LogP contribution >= 0.6 is 0 Å². The molecular formula is C22H16F2N2O5S. The number of hydrogen-bond donors (Lipinski definition) is 2. The zero-order valence-corrected chi connectivity index (χ0v) is 17.2. The Bertz CT molecular complexity index is 1310. The van der Waals surface area contributed by atoms with Crippen LogP contribution in [-0.2, 0) is 14.8 Å². The van der Waals surface area contributed by atoms with E-state index in [-0.39, 0.29) is 12.5 Å². The van der Waals surface area contributed by atoms with Gasteiger partial charge >= 0.3 is 0 Å². The van der Waals surface area contributed by atoms with E-state index in [2.05, 4.69) is 10.0 Å². The smallest absolute Gasteiger partial charge is 0.261 e. The fourth-order valence-corrected chi connectivity index (χ4v) is 3.92. The van der Waals surface area contributed by atoms with Crippen LogP contribution in [-0.4, -0.2) is 21.1 Å². The first-order chi connectivity index (χ1) is 15.3. The predicted molar refractivity (Wildman–Crippen MR) is 114 cm³/mol. The molecule has 2 N–H and O–H groups in total. The van der Waals surface area contributed by atoms with Gasteiger partial charge in [0, 0.05) is 17.5 Å². The van der Waals surface area contributed by atoms with E-state index in [1.807, 2.05) is 0 Å². The quantitative estimate of drug-likeness (QED) is 0.542. The van der Waals surface area contributed by atoms with Gasteiger partial charge in [-0.15, -0.1) is 0 Å². The summed E-state index contributed by atoms with van der Waals surface area (Å²) in [6.45, 7) is 0.163. The van der Waals surface area contributed by atoms with Crippen LogP contribution in [0.5, 0.6) is 11.5 Å². The van der Waals surface area contributed by atoms with Gasteiger partial charge in [-0.1, -0.05) is 6.07 Å². The molecule has 0 fully saturated rings. The highest BCUT2D eigenvalue weighted by Crippen LogP contribution is 2.32. The van der Waals surface area contributed by atoms with Gasteiger partial charge < -0.3 is 14.8 Å². The summed E-state index contributed by atoms with van der Waals surface area (Å²) < 4.78 is 63.8. The number of anilines is 2. The minimum Gasteiger partial charge on any atom is -0.454 e. The normalized spacial score (nSPS) is 12.7. The van der Waals surface area contributed by atoms with Gasteiger partial charge in [-0.25, -0.2) is 17.2 Å². The lowest BCUT2D eigenvalue weighted by Crippen LogP contribution is -2.13. The van der Waals surface area contributed by atoms with Gasteiger partial charge in [-0.3, -0.25) is 9.52 Å². The second-order valence-electron chi connectivity index (χ2n) is 6.69. The molecule has 10 heteroatoms. The molecule has 32 heavy (non-hydrogen) atoms. The molecule has 1 aliphatic heterocycles. The molecular weight excluding hydrogens is 442 g/mol. The molecule has 0 aliphatic carbocycles. The van der Waals surface area contributed by atoms with Crippen LogP contribution in [0.15, 0.2) is 71.6 Å². The summed E-state index contributed by atoms with van der Waals surface area (Å²) in [6.07, 6.45) is 2.96. The zero-order valence-electron chi connectivity index (χ0n) is 16.3. The summed E-state index contributed by atoms with van der Waals surface area (Å²) in [5.74, 6) is -1.55. The maximum absolute atomic E-state index is 13.3. The minimum atomic E-state index is -4.11. The van der Waals surface area contributed by atoms with E-state index >= 15 is 0 Å². The SMILES string of the molecule is O=C(/C=C/c1ccc2c(c1)OCO2)Nc1ccc(NS(=O)(=O)c2ccc(F)c(F)c2)cc1. The Labute approximate surface area is 182 Å². The average molecular weight is 458 g/mol. The highest BCUT2D eigenvalue weighted by molar-refractivity contribution is 7.92. The zero-order chi connectivity index (χ0) is 22.7. The fraction of sp³-hybridized carbons (Fsp3) is 0.0455. The largest absolute Gasteiger partial charge is 0.454 e. The first kappa shape index (κ1) is 21.3. The Morgan fingerprint density at radius 3 is 2.34 bits per heavy atom. The summed E-state index contributed by atoms with van der Waals surface area (Å²) in [5.41, 5.74) is 1.37. The van der Waals surface area contributed by atoms with E-state index in [4.69, 9.17) is 9.47 Å². The van der Waals surface area contributed by atoms with E-state index in [0.717, 1.165) is 17.7 Å². The molecule has 4 rings (SSSR count). The lowest BCUT2D eigenvalue weighted by Gasteiger charge is -2.09. The lowest BCUT2D eigenvalue weighted by atomic mass is 10.2. The molecule has 3 aromatic carbocycles. The number of hydrogen-bond acceptors (Lipinski definition) is 5. The van der Waals surface area contributed by atoms with E-state index in [0.29, 0.717) is 23.3 Å². The summed E-state index contributed by atoms with van der Waals surface area (Å²) >= 11 is 0. The number of benzene rings is 3. The van der Waals surface area contributed by atoms with Gasteiger partial charge in [0.1, 0.15) is 0 Å². The molecule has 0 atom stereocenters. The van der Waals surface area contributed by atoms with Crippen molar-refractivity contribution in [2.75, 3.05) is 16.8 Å². The van der Waals surface area contributed by atoms with Crippen molar-refractivity contribution in [1.29, 1.82) is 0 Å². The second kappa shape index (κ2) is 8.67. The number of rotatable bonds is 6. The maximum atomic E-state index is 13.3. The van der Waals surface area contributed by atoms with Gasteiger partial charge in [-0.2, -0.15) is 0 Å². The van der Waals surface area contributed by atoms with Crippen molar-refractivity contribution in [3.63, 3.8) is 0 Å². The molecule has 0 radical (unpaired) electrons.